The van der Waals surface area contributed by atoms with E-state index in [9.17, 15) is 9.59 Å². The van der Waals surface area contributed by atoms with Gasteiger partial charge in [-0.3, -0.25) is 14.6 Å². The molecule has 0 bridgehead atoms. The summed E-state index contributed by atoms with van der Waals surface area (Å²) in [6.07, 6.45) is 2.17. The zero-order chi connectivity index (χ0) is 18.8. The number of para-hydroxylation sites is 1. The van der Waals surface area contributed by atoms with Crippen LogP contribution in [0.5, 0.6) is 5.75 Å². The lowest BCUT2D eigenvalue weighted by atomic mass is 9.95. The van der Waals surface area contributed by atoms with Crippen LogP contribution in [0, 0.1) is 0 Å². The molecule has 1 aliphatic rings. The Labute approximate surface area is 157 Å². The van der Waals surface area contributed by atoms with Crippen LogP contribution in [-0.2, 0) is 11.2 Å². The third kappa shape index (κ3) is 3.08. The lowest BCUT2D eigenvalue weighted by Gasteiger charge is -2.16. The van der Waals surface area contributed by atoms with E-state index < -0.39 is 5.92 Å². The van der Waals surface area contributed by atoms with Gasteiger partial charge in [0, 0.05) is 23.9 Å². The van der Waals surface area contributed by atoms with E-state index in [1.54, 1.807) is 37.6 Å². The first kappa shape index (κ1) is 17.0. The molecular formula is C22H18N2O3. The molecule has 0 spiro atoms. The SMILES string of the molecule is COc1ccc(C(=O)N2C(=O)C(Cc3ccccn3)c3ccccc32)cc1. The van der Waals surface area contributed by atoms with Gasteiger partial charge in [0.2, 0.25) is 5.91 Å². The van der Waals surface area contributed by atoms with Crippen molar-refractivity contribution in [1.82, 2.24) is 4.98 Å². The van der Waals surface area contributed by atoms with E-state index in [-0.39, 0.29) is 11.8 Å². The number of aromatic nitrogens is 1. The summed E-state index contributed by atoms with van der Waals surface area (Å²) >= 11 is 0. The van der Waals surface area contributed by atoms with Crippen molar-refractivity contribution in [3.8, 4) is 5.75 Å². The Kier molecular flexibility index (Phi) is 4.42. The Morgan fingerprint density at radius 2 is 1.78 bits per heavy atom. The quantitative estimate of drug-likeness (QED) is 0.669. The standard InChI is InChI=1S/C22H18N2O3/c1-27-17-11-9-15(10-12-17)21(25)24-20-8-3-2-7-18(20)19(22(24)26)14-16-6-4-5-13-23-16/h2-13,19H,14H2,1H3. The zero-order valence-electron chi connectivity index (χ0n) is 14.8. The minimum absolute atomic E-state index is 0.220. The molecule has 27 heavy (non-hydrogen) atoms. The van der Waals surface area contributed by atoms with Crippen LogP contribution in [0.25, 0.3) is 0 Å². The Bertz CT molecular complexity index is 984. The van der Waals surface area contributed by atoms with Crippen LogP contribution < -0.4 is 9.64 Å². The van der Waals surface area contributed by atoms with Crippen molar-refractivity contribution >= 4 is 17.5 Å². The van der Waals surface area contributed by atoms with Gasteiger partial charge in [0.05, 0.1) is 18.7 Å². The molecular weight excluding hydrogens is 340 g/mol. The largest absolute Gasteiger partial charge is 0.497 e. The number of methoxy groups -OCH3 is 1. The van der Waals surface area contributed by atoms with Gasteiger partial charge in [0.15, 0.2) is 0 Å². The van der Waals surface area contributed by atoms with Gasteiger partial charge in [-0.2, -0.15) is 0 Å². The molecule has 5 nitrogen and oxygen atoms in total. The number of rotatable bonds is 4. The van der Waals surface area contributed by atoms with Crippen molar-refractivity contribution in [3.63, 3.8) is 0 Å². The molecule has 2 aromatic carbocycles. The Balaban J connectivity index is 1.69. The molecule has 2 amide bonds. The summed E-state index contributed by atoms with van der Waals surface area (Å²) < 4.78 is 5.14. The average molecular weight is 358 g/mol. The van der Waals surface area contributed by atoms with Crippen molar-refractivity contribution in [3.05, 3.63) is 89.7 Å². The number of pyridine rings is 1. The highest BCUT2D eigenvalue weighted by Crippen LogP contribution is 2.39. The van der Waals surface area contributed by atoms with Crippen LogP contribution >= 0.6 is 0 Å². The second-order valence-electron chi connectivity index (χ2n) is 6.34. The van der Waals surface area contributed by atoms with Crippen LogP contribution in [-0.4, -0.2) is 23.9 Å². The van der Waals surface area contributed by atoms with Crippen LogP contribution in [0.1, 0.15) is 27.5 Å². The lowest BCUT2D eigenvalue weighted by molar-refractivity contribution is -0.118. The lowest BCUT2D eigenvalue weighted by Crippen LogP contribution is -2.35. The van der Waals surface area contributed by atoms with Gasteiger partial charge >= 0.3 is 0 Å². The normalized spacial score (nSPS) is 15.5. The zero-order valence-corrected chi connectivity index (χ0v) is 14.8. The number of imide groups is 1. The number of amides is 2. The molecule has 4 rings (SSSR count). The third-order valence-electron chi connectivity index (χ3n) is 4.75. The molecule has 1 unspecified atom stereocenters. The number of anilines is 1. The van der Waals surface area contributed by atoms with Gasteiger partial charge in [-0.25, -0.2) is 4.90 Å². The second-order valence-corrected chi connectivity index (χ2v) is 6.34. The number of hydrogen-bond acceptors (Lipinski definition) is 4. The molecule has 0 aliphatic carbocycles. The maximum atomic E-state index is 13.2. The minimum atomic E-state index is -0.418. The molecule has 134 valence electrons. The van der Waals surface area contributed by atoms with Crippen molar-refractivity contribution in [2.75, 3.05) is 12.0 Å². The van der Waals surface area contributed by atoms with Crippen LogP contribution in [0.15, 0.2) is 72.9 Å². The first-order valence-corrected chi connectivity index (χ1v) is 8.70. The molecule has 5 heteroatoms. The minimum Gasteiger partial charge on any atom is -0.497 e. The molecule has 1 atom stereocenters. The van der Waals surface area contributed by atoms with E-state index in [0.717, 1.165) is 11.3 Å². The summed E-state index contributed by atoms with van der Waals surface area (Å²) in [5.74, 6) is -0.313. The number of nitrogens with zero attached hydrogens (tertiary/aromatic N) is 2. The van der Waals surface area contributed by atoms with E-state index in [1.165, 1.54) is 4.90 Å². The van der Waals surface area contributed by atoms with E-state index in [4.69, 9.17) is 4.74 Å². The highest BCUT2D eigenvalue weighted by atomic mass is 16.5. The monoisotopic (exact) mass is 358 g/mol. The molecule has 3 aromatic rings. The van der Waals surface area contributed by atoms with Crippen LogP contribution in [0.4, 0.5) is 5.69 Å². The van der Waals surface area contributed by atoms with Gasteiger partial charge in [0.1, 0.15) is 5.75 Å². The fraction of sp³-hybridized carbons (Fsp3) is 0.136. The molecule has 1 aromatic heterocycles. The summed E-state index contributed by atoms with van der Waals surface area (Å²) in [5, 5.41) is 0. The summed E-state index contributed by atoms with van der Waals surface area (Å²) in [7, 11) is 1.57. The van der Waals surface area contributed by atoms with Gasteiger partial charge in [0.25, 0.3) is 5.91 Å². The number of fused-ring (bicyclic) bond motifs is 1. The van der Waals surface area contributed by atoms with Crippen molar-refractivity contribution in [2.24, 2.45) is 0 Å². The molecule has 0 radical (unpaired) electrons. The maximum Gasteiger partial charge on any atom is 0.265 e. The summed E-state index contributed by atoms with van der Waals surface area (Å²) in [6.45, 7) is 0. The second kappa shape index (κ2) is 7.03. The fourth-order valence-electron chi connectivity index (χ4n) is 3.39. The van der Waals surface area contributed by atoms with Gasteiger partial charge < -0.3 is 4.74 Å². The topological polar surface area (TPSA) is 59.5 Å². The number of carbonyl (C=O) groups excluding carboxylic acids is 2. The van der Waals surface area contributed by atoms with Crippen LogP contribution in [0.3, 0.4) is 0 Å². The molecule has 2 heterocycles. The van der Waals surface area contributed by atoms with E-state index >= 15 is 0 Å². The Morgan fingerprint density at radius 3 is 2.48 bits per heavy atom. The molecule has 1 aliphatic heterocycles. The first-order valence-electron chi connectivity index (χ1n) is 8.70. The van der Waals surface area contributed by atoms with E-state index in [0.29, 0.717) is 23.4 Å². The van der Waals surface area contributed by atoms with Gasteiger partial charge in [-0.1, -0.05) is 24.3 Å². The van der Waals surface area contributed by atoms with Crippen molar-refractivity contribution in [1.29, 1.82) is 0 Å². The molecule has 0 saturated carbocycles. The Morgan fingerprint density at radius 1 is 1.04 bits per heavy atom. The number of benzene rings is 2. The van der Waals surface area contributed by atoms with Gasteiger partial charge in [-0.05, 0) is 48.0 Å². The highest BCUT2D eigenvalue weighted by Gasteiger charge is 2.40. The third-order valence-corrected chi connectivity index (χ3v) is 4.75. The van der Waals surface area contributed by atoms with Gasteiger partial charge in [-0.15, -0.1) is 0 Å². The Hall–Kier alpha value is -3.47. The maximum absolute atomic E-state index is 13.2. The average Bonchev–Trinajstić information content (AvgIpc) is 3.00. The fourth-order valence-corrected chi connectivity index (χ4v) is 3.39. The predicted octanol–water partition coefficient (Wildman–Crippen LogP) is 3.60. The first-order chi connectivity index (χ1) is 13.2. The smallest absolute Gasteiger partial charge is 0.265 e. The predicted molar refractivity (Wildman–Crippen MR) is 102 cm³/mol. The van der Waals surface area contributed by atoms with E-state index in [1.807, 2.05) is 42.5 Å². The van der Waals surface area contributed by atoms with Crippen molar-refractivity contribution < 1.29 is 14.3 Å². The summed E-state index contributed by atoms with van der Waals surface area (Å²) in [4.78, 5) is 31.8. The van der Waals surface area contributed by atoms with Crippen LogP contribution in [0.2, 0.25) is 0 Å². The highest BCUT2D eigenvalue weighted by molar-refractivity contribution is 6.25. The van der Waals surface area contributed by atoms with E-state index in [2.05, 4.69) is 4.98 Å². The summed E-state index contributed by atoms with van der Waals surface area (Å²) in [6, 6.07) is 19.8. The molecule has 0 fully saturated rings. The number of hydrogen-bond donors (Lipinski definition) is 0. The molecule has 0 N–H and O–H groups in total. The number of carbonyl (C=O) groups is 2. The molecule has 0 saturated heterocycles. The van der Waals surface area contributed by atoms with Crippen molar-refractivity contribution in [2.45, 2.75) is 12.3 Å². The summed E-state index contributed by atoms with van der Waals surface area (Å²) in [5.41, 5.74) is 2.76. The number of ether oxygens (including phenoxy) is 1.